The molecule has 0 saturated heterocycles. The maximum Gasteiger partial charge on any atom is 0.336 e. The van der Waals surface area contributed by atoms with E-state index in [1.807, 2.05) is 81.4 Å². The summed E-state index contributed by atoms with van der Waals surface area (Å²) in [5, 5.41) is 0. The van der Waals surface area contributed by atoms with E-state index in [0.29, 0.717) is 17.8 Å². The Morgan fingerprint density at radius 3 is 2.26 bits per heavy atom. The second-order valence-corrected chi connectivity index (χ2v) is 7.09. The molecule has 1 aliphatic heterocycles. The summed E-state index contributed by atoms with van der Waals surface area (Å²) >= 11 is 0. The predicted octanol–water partition coefficient (Wildman–Crippen LogP) is 4.43. The number of rotatable bonds is 5. The Morgan fingerprint density at radius 1 is 1.07 bits per heavy atom. The highest BCUT2D eigenvalue weighted by molar-refractivity contribution is 5.96. The lowest BCUT2D eigenvalue weighted by Gasteiger charge is -2.34. The van der Waals surface area contributed by atoms with Crippen LogP contribution in [0, 0.1) is 0 Å². The van der Waals surface area contributed by atoms with Crippen LogP contribution in [0.2, 0.25) is 0 Å². The highest BCUT2D eigenvalue weighted by atomic mass is 16.5. The minimum Gasteiger partial charge on any atom is -0.460 e. The summed E-state index contributed by atoms with van der Waals surface area (Å²) in [7, 11) is 0. The number of allylic oxidation sites excluding steroid dienone is 1. The summed E-state index contributed by atoms with van der Waals surface area (Å²) in [6.45, 7) is 5.96. The molecule has 4 nitrogen and oxygen atoms in total. The zero-order chi connectivity index (χ0) is 19.4. The third-order valence-electron chi connectivity index (χ3n) is 4.77. The Balaban J connectivity index is 2.02. The highest BCUT2D eigenvalue weighted by Gasteiger charge is 2.37. The molecule has 1 aliphatic rings. The lowest BCUT2D eigenvalue weighted by Crippen LogP contribution is -2.38. The molecule has 0 bridgehead atoms. The quantitative estimate of drug-likeness (QED) is 0.739. The molecule has 4 heteroatoms. The first-order chi connectivity index (χ1) is 13.0. The maximum atomic E-state index is 12.9. The van der Waals surface area contributed by atoms with Crippen molar-refractivity contribution in [3.63, 3.8) is 0 Å². The minimum absolute atomic E-state index is 0.0197. The predicted molar refractivity (Wildman–Crippen MR) is 105 cm³/mol. The second-order valence-electron chi connectivity index (χ2n) is 7.09. The van der Waals surface area contributed by atoms with Crippen LogP contribution in [0.1, 0.15) is 44.2 Å². The lowest BCUT2D eigenvalue weighted by atomic mass is 9.83. The summed E-state index contributed by atoms with van der Waals surface area (Å²) < 4.78 is 5.51. The Labute approximate surface area is 160 Å². The molecular formula is C23H25NO3. The van der Waals surface area contributed by atoms with Crippen molar-refractivity contribution in [3.8, 4) is 0 Å². The summed E-state index contributed by atoms with van der Waals surface area (Å²) in [4.78, 5) is 27.5. The number of esters is 1. The van der Waals surface area contributed by atoms with E-state index in [-0.39, 0.29) is 30.3 Å². The third kappa shape index (κ3) is 4.27. The summed E-state index contributed by atoms with van der Waals surface area (Å²) in [5.41, 5.74) is 3.24. The van der Waals surface area contributed by atoms with Gasteiger partial charge in [-0.3, -0.25) is 4.79 Å². The van der Waals surface area contributed by atoms with Gasteiger partial charge in [0.1, 0.15) is 0 Å². The molecule has 0 saturated carbocycles. The van der Waals surface area contributed by atoms with Crippen LogP contribution in [0.3, 0.4) is 0 Å². The molecule has 0 spiro atoms. The molecule has 27 heavy (non-hydrogen) atoms. The number of amides is 1. The summed E-state index contributed by atoms with van der Waals surface area (Å²) in [5.74, 6) is -0.606. The van der Waals surface area contributed by atoms with Gasteiger partial charge in [0, 0.05) is 18.0 Å². The van der Waals surface area contributed by atoms with E-state index in [1.54, 1.807) is 4.90 Å². The zero-order valence-electron chi connectivity index (χ0n) is 16.0. The van der Waals surface area contributed by atoms with Gasteiger partial charge in [-0.2, -0.15) is 0 Å². The normalized spacial score (nSPS) is 17.4. The fourth-order valence-electron chi connectivity index (χ4n) is 3.48. The van der Waals surface area contributed by atoms with E-state index in [2.05, 4.69) is 0 Å². The molecule has 140 valence electrons. The molecule has 0 aromatic heterocycles. The van der Waals surface area contributed by atoms with Gasteiger partial charge in [-0.1, -0.05) is 60.7 Å². The van der Waals surface area contributed by atoms with Gasteiger partial charge in [0.25, 0.3) is 0 Å². The van der Waals surface area contributed by atoms with E-state index < -0.39 is 0 Å². The third-order valence-corrected chi connectivity index (χ3v) is 4.77. The molecule has 0 aliphatic carbocycles. The Hall–Kier alpha value is -2.88. The average molecular weight is 363 g/mol. The Bertz CT molecular complexity index is 840. The number of benzene rings is 2. The lowest BCUT2D eigenvalue weighted by molar-refractivity contribution is -0.143. The van der Waals surface area contributed by atoms with Crippen molar-refractivity contribution >= 4 is 11.9 Å². The SMILES string of the molecule is CC1=C(C(=O)OC(C)C)C(c2ccccc2)CC(=O)N1Cc1ccccc1. The standard InChI is InChI=1S/C23H25NO3/c1-16(2)27-23(26)22-17(3)24(15-18-10-6-4-7-11-18)21(25)14-20(22)19-12-8-5-9-13-19/h4-13,16,20H,14-15H2,1-3H3. The van der Waals surface area contributed by atoms with E-state index >= 15 is 0 Å². The van der Waals surface area contributed by atoms with Gasteiger partial charge in [-0.25, -0.2) is 4.79 Å². The molecule has 0 radical (unpaired) electrons. The summed E-state index contributed by atoms with van der Waals surface area (Å²) in [6, 6.07) is 19.5. The molecule has 2 aromatic carbocycles. The van der Waals surface area contributed by atoms with Crippen LogP contribution in [0.4, 0.5) is 0 Å². The minimum atomic E-state index is -0.345. The first kappa shape index (κ1) is 18.9. The van der Waals surface area contributed by atoms with Crippen molar-refractivity contribution in [1.29, 1.82) is 0 Å². The number of carbonyl (C=O) groups is 2. The van der Waals surface area contributed by atoms with Crippen LogP contribution in [0.5, 0.6) is 0 Å². The molecule has 1 atom stereocenters. The van der Waals surface area contributed by atoms with Crippen molar-refractivity contribution in [2.75, 3.05) is 0 Å². The zero-order valence-corrected chi connectivity index (χ0v) is 16.0. The number of ether oxygens (including phenoxy) is 1. The maximum absolute atomic E-state index is 12.9. The monoisotopic (exact) mass is 363 g/mol. The summed E-state index contributed by atoms with van der Waals surface area (Å²) in [6.07, 6.45) is 0.0471. The highest BCUT2D eigenvalue weighted by Crippen LogP contribution is 2.37. The van der Waals surface area contributed by atoms with Gasteiger partial charge in [-0.05, 0) is 31.9 Å². The smallest absolute Gasteiger partial charge is 0.336 e. The molecule has 1 unspecified atom stereocenters. The van der Waals surface area contributed by atoms with Crippen molar-refractivity contribution in [2.24, 2.45) is 0 Å². The van der Waals surface area contributed by atoms with E-state index in [1.165, 1.54) is 0 Å². The van der Waals surface area contributed by atoms with E-state index in [0.717, 1.165) is 11.1 Å². The molecule has 0 fully saturated rings. The van der Waals surface area contributed by atoms with Gasteiger partial charge in [0.2, 0.25) is 5.91 Å². The molecule has 3 rings (SSSR count). The average Bonchev–Trinajstić information content (AvgIpc) is 2.65. The fourth-order valence-corrected chi connectivity index (χ4v) is 3.48. The van der Waals surface area contributed by atoms with Crippen molar-refractivity contribution < 1.29 is 14.3 Å². The first-order valence-corrected chi connectivity index (χ1v) is 9.28. The largest absolute Gasteiger partial charge is 0.460 e. The Kier molecular flexibility index (Phi) is 5.75. The van der Waals surface area contributed by atoms with Gasteiger partial charge in [-0.15, -0.1) is 0 Å². The van der Waals surface area contributed by atoms with E-state index in [9.17, 15) is 9.59 Å². The van der Waals surface area contributed by atoms with E-state index in [4.69, 9.17) is 4.74 Å². The van der Waals surface area contributed by atoms with Crippen LogP contribution < -0.4 is 0 Å². The molecule has 1 heterocycles. The van der Waals surface area contributed by atoms with Gasteiger partial charge >= 0.3 is 5.97 Å². The van der Waals surface area contributed by atoms with Crippen LogP contribution in [0.25, 0.3) is 0 Å². The van der Waals surface area contributed by atoms with Crippen molar-refractivity contribution in [3.05, 3.63) is 83.1 Å². The van der Waals surface area contributed by atoms with Gasteiger partial charge in [0.05, 0.1) is 18.2 Å². The van der Waals surface area contributed by atoms with Crippen LogP contribution in [-0.2, 0) is 20.9 Å². The molecule has 2 aromatic rings. The number of hydrogen-bond acceptors (Lipinski definition) is 3. The van der Waals surface area contributed by atoms with Gasteiger partial charge in [0.15, 0.2) is 0 Å². The number of nitrogens with zero attached hydrogens (tertiary/aromatic N) is 1. The van der Waals surface area contributed by atoms with Crippen LogP contribution >= 0.6 is 0 Å². The molecular weight excluding hydrogens is 338 g/mol. The molecule has 1 amide bonds. The number of hydrogen-bond donors (Lipinski definition) is 0. The van der Waals surface area contributed by atoms with Crippen LogP contribution in [0.15, 0.2) is 71.9 Å². The second kappa shape index (κ2) is 8.21. The van der Waals surface area contributed by atoms with Crippen molar-refractivity contribution in [1.82, 2.24) is 4.90 Å². The first-order valence-electron chi connectivity index (χ1n) is 9.28. The molecule has 0 N–H and O–H groups in total. The van der Waals surface area contributed by atoms with Crippen LogP contribution in [-0.4, -0.2) is 22.9 Å². The van der Waals surface area contributed by atoms with Crippen molar-refractivity contribution in [2.45, 2.75) is 45.8 Å². The Morgan fingerprint density at radius 2 is 1.67 bits per heavy atom. The number of carbonyl (C=O) groups excluding carboxylic acids is 2. The topological polar surface area (TPSA) is 46.6 Å². The fraction of sp³-hybridized carbons (Fsp3) is 0.304. The van der Waals surface area contributed by atoms with Gasteiger partial charge < -0.3 is 9.64 Å².